The summed E-state index contributed by atoms with van der Waals surface area (Å²) in [6, 6.07) is 9.39. The molecule has 214 valence electrons. The average Bonchev–Trinajstić information content (AvgIpc) is 3.59. The number of hydrogen-bond donors (Lipinski definition) is 1. The first-order chi connectivity index (χ1) is 19.6. The number of aliphatic hydroxyl groups is 1. The van der Waals surface area contributed by atoms with Gasteiger partial charge in [-0.3, -0.25) is 19.3 Å². The average molecular weight is 577 g/mol. The smallest absolute Gasteiger partial charge is 0.301 e. The van der Waals surface area contributed by atoms with E-state index >= 15 is 0 Å². The monoisotopic (exact) mass is 576 g/mol. The summed E-state index contributed by atoms with van der Waals surface area (Å²) in [7, 11) is 0. The number of aryl methyl sites for hydroxylation is 1. The number of aliphatic hydroxyl groups excluding tert-OH is 1. The van der Waals surface area contributed by atoms with Crippen molar-refractivity contribution in [2.75, 3.05) is 18.1 Å². The number of thiazole rings is 1. The quantitative estimate of drug-likeness (QED) is 0.147. The number of rotatable bonds is 9. The number of carbonyl (C=O) groups excluding carboxylic acids is 3. The molecule has 2 aliphatic heterocycles. The van der Waals surface area contributed by atoms with Gasteiger partial charge in [0.1, 0.15) is 17.6 Å². The van der Waals surface area contributed by atoms with Crippen molar-refractivity contribution in [1.29, 1.82) is 0 Å². The molecular weight excluding hydrogens is 544 g/mol. The highest BCUT2D eigenvalue weighted by Gasteiger charge is 2.48. The van der Waals surface area contributed by atoms with Gasteiger partial charge in [-0.2, -0.15) is 0 Å². The molecule has 1 amide bonds. The van der Waals surface area contributed by atoms with Crippen molar-refractivity contribution in [3.05, 3.63) is 69.2 Å². The Balaban J connectivity index is 1.70. The minimum atomic E-state index is -1.02. The Hall–Kier alpha value is -4.18. The SMILES string of the molecule is CCCOc1ccc(C2C(=C(O)c3ccc4c(c3)CC(C)O4)C(=O)C(=O)N2c2nc(C)c(C(C)=O)s2)cc1OCC. The molecule has 10 heteroatoms. The first-order valence-electron chi connectivity index (χ1n) is 13.6. The van der Waals surface area contributed by atoms with E-state index in [-0.39, 0.29) is 28.4 Å². The zero-order valence-electron chi connectivity index (χ0n) is 23.6. The van der Waals surface area contributed by atoms with Crippen LogP contribution in [0.5, 0.6) is 17.2 Å². The predicted molar refractivity (Wildman–Crippen MR) is 155 cm³/mol. The molecule has 1 fully saturated rings. The van der Waals surface area contributed by atoms with Gasteiger partial charge in [0.05, 0.1) is 35.4 Å². The van der Waals surface area contributed by atoms with Crippen LogP contribution in [0.1, 0.15) is 72.2 Å². The fourth-order valence-electron chi connectivity index (χ4n) is 5.18. The van der Waals surface area contributed by atoms with Gasteiger partial charge in [-0.05, 0) is 68.7 Å². The Kier molecular flexibility index (Phi) is 7.86. The molecule has 9 nitrogen and oxygen atoms in total. The molecular formula is C31H32N2O7S. The minimum Gasteiger partial charge on any atom is -0.507 e. The standard InChI is InChI=1S/C31H32N2O7S/c1-6-12-39-23-11-8-19(15-24(23)38-7-2)26-25(27(35)20-9-10-22-21(14-20)13-16(3)40-22)28(36)30(37)33(26)31-32-17(4)29(41-31)18(5)34/h8-11,14-16,26,35H,6-7,12-13H2,1-5H3. The molecule has 0 aliphatic carbocycles. The Morgan fingerprint density at radius 3 is 2.61 bits per heavy atom. The first kappa shape index (κ1) is 28.4. The Labute approximate surface area is 242 Å². The van der Waals surface area contributed by atoms with Crippen LogP contribution in [0.15, 0.2) is 42.0 Å². The number of hydrogen-bond acceptors (Lipinski definition) is 9. The molecule has 1 saturated heterocycles. The van der Waals surface area contributed by atoms with Crippen LogP contribution in [0.25, 0.3) is 5.76 Å². The number of ether oxygens (including phenoxy) is 3. The number of fused-ring (bicyclic) bond motifs is 1. The second kappa shape index (κ2) is 11.4. The summed E-state index contributed by atoms with van der Waals surface area (Å²) in [4.78, 5) is 45.6. The van der Waals surface area contributed by atoms with Gasteiger partial charge in [0.15, 0.2) is 22.4 Å². The first-order valence-corrected chi connectivity index (χ1v) is 14.4. The molecule has 0 saturated carbocycles. The van der Waals surface area contributed by atoms with Crippen molar-refractivity contribution in [3.8, 4) is 17.2 Å². The lowest BCUT2D eigenvalue weighted by atomic mass is 9.94. The Morgan fingerprint density at radius 1 is 1.15 bits per heavy atom. The van der Waals surface area contributed by atoms with Crippen LogP contribution < -0.4 is 19.1 Å². The van der Waals surface area contributed by atoms with Gasteiger partial charge in [-0.1, -0.05) is 24.3 Å². The lowest BCUT2D eigenvalue weighted by Gasteiger charge is -2.24. The van der Waals surface area contributed by atoms with Crippen LogP contribution >= 0.6 is 11.3 Å². The van der Waals surface area contributed by atoms with Crippen LogP contribution in [0.4, 0.5) is 5.13 Å². The predicted octanol–water partition coefficient (Wildman–Crippen LogP) is 5.79. The van der Waals surface area contributed by atoms with E-state index in [0.717, 1.165) is 29.1 Å². The van der Waals surface area contributed by atoms with Gasteiger partial charge < -0.3 is 19.3 Å². The van der Waals surface area contributed by atoms with Crippen LogP contribution in [0.2, 0.25) is 0 Å². The van der Waals surface area contributed by atoms with Crippen molar-refractivity contribution in [3.63, 3.8) is 0 Å². The van der Waals surface area contributed by atoms with Crippen molar-refractivity contribution in [1.82, 2.24) is 4.98 Å². The third-order valence-electron chi connectivity index (χ3n) is 6.97. The van der Waals surface area contributed by atoms with E-state index in [1.807, 2.05) is 20.8 Å². The topological polar surface area (TPSA) is 115 Å². The normalized spacial score (nSPS) is 19.3. The van der Waals surface area contributed by atoms with Crippen molar-refractivity contribution in [2.24, 2.45) is 0 Å². The van der Waals surface area contributed by atoms with Gasteiger partial charge in [-0.15, -0.1) is 0 Å². The Morgan fingerprint density at radius 2 is 1.93 bits per heavy atom. The maximum atomic E-state index is 13.6. The largest absolute Gasteiger partial charge is 0.507 e. The molecule has 3 aromatic rings. The van der Waals surface area contributed by atoms with E-state index in [1.165, 1.54) is 11.8 Å². The summed E-state index contributed by atoms with van der Waals surface area (Å²) < 4.78 is 17.5. The molecule has 2 aliphatic rings. The summed E-state index contributed by atoms with van der Waals surface area (Å²) >= 11 is 1.04. The second-order valence-corrected chi connectivity index (χ2v) is 11.1. The summed E-state index contributed by atoms with van der Waals surface area (Å²) in [5, 5.41) is 11.8. The van der Waals surface area contributed by atoms with Crippen molar-refractivity contribution in [2.45, 2.75) is 59.6 Å². The number of nitrogens with zero attached hydrogens (tertiary/aromatic N) is 2. The molecule has 0 radical (unpaired) electrons. The number of anilines is 1. The van der Waals surface area contributed by atoms with Crippen molar-refractivity contribution < 1.29 is 33.7 Å². The molecule has 0 spiro atoms. The lowest BCUT2D eigenvalue weighted by Crippen LogP contribution is -2.29. The molecule has 41 heavy (non-hydrogen) atoms. The molecule has 5 rings (SSSR count). The molecule has 2 atom stereocenters. The number of ketones is 2. The van der Waals surface area contributed by atoms with Gasteiger partial charge in [0, 0.05) is 18.9 Å². The van der Waals surface area contributed by atoms with E-state index in [0.29, 0.717) is 52.8 Å². The van der Waals surface area contributed by atoms with Crippen LogP contribution in [-0.2, 0) is 16.0 Å². The highest BCUT2D eigenvalue weighted by molar-refractivity contribution is 7.18. The zero-order valence-corrected chi connectivity index (χ0v) is 24.5. The van der Waals surface area contributed by atoms with E-state index in [4.69, 9.17) is 14.2 Å². The summed E-state index contributed by atoms with van der Waals surface area (Å²) in [6.07, 6.45) is 1.47. The fraction of sp³-hybridized carbons (Fsp3) is 0.355. The van der Waals surface area contributed by atoms with Crippen molar-refractivity contribution >= 4 is 39.7 Å². The maximum absolute atomic E-state index is 13.6. The molecule has 3 heterocycles. The Bertz CT molecular complexity index is 1570. The van der Waals surface area contributed by atoms with Crippen LogP contribution in [-0.4, -0.2) is 46.9 Å². The third-order valence-corrected chi connectivity index (χ3v) is 8.23. The summed E-state index contributed by atoms with van der Waals surface area (Å²) in [5.74, 6) is -0.474. The summed E-state index contributed by atoms with van der Waals surface area (Å²) in [5.41, 5.74) is 2.21. The van der Waals surface area contributed by atoms with E-state index < -0.39 is 17.7 Å². The lowest BCUT2D eigenvalue weighted by molar-refractivity contribution is -0.132. The highest BCUT2D eigenvalue weighted by atomic mass is 32.1. The van der Waals surface area contributed by atoms with Gasteiger partial charge in [-0.25, -0.2) is 4.98 Å². The molecule has 2 aromatic carbocycles. The fourth-order valence-corrected chi connectivity index (χ4v) is 6.17. The van der Waals surface area contributed by atoms with Gasteiger partial charge in [0.25, 0.3) is 5.78 Å². The van der Waals surface area contributed by atoms with Gasteiger partial charge >= 0.3 is 5.91 Å². The molecule has 1 N–H and O–H groups in total. The molecule has 0 bridgehead atoms. The second-order valence-electron chi connectivity index (χ2n) is 10.1. The minimum absolute atomic E-state index is 0.00187. The van der Waals surface area contributed by atoms with Crippen LogP contribution in [0, 0.1) is 6.92 Å². The van der Waals surface area contributed by atoms with Crippen LogP contribution in [0.3, 0.4) is 0 Å². The number of carbonyl (C=O) groups is 3. The maximum Gasteiger partial charge on any atom is 0.301 e. The third kappa shape index (κ3) is 5.19. The summed E-state index contributed by atoms with van der Waals surface area (Å²) in [6.45, 7) is 9.78. The highest BCUT2D eigenvalue weighted by Crippen LogP contribution is 2.46. The number of amides is 1. The van der Waals surface area contributed by atoms with Gasteiger partial charge in [0.2, 0.25) is 0 Å². The van der Waals surface area contributed by atoms with E-state index in [9.17, 15) is 19.5 Å². The van der Waals surface area contributed by atoms with E-state index in [2.05, 4.69) is 4.98 Å². The molecule has 2 unspecified atom stereocenters. The molecule has 1 aromatic heterocycles. The number of benzene rings is 2. The number of aromatic nitrogens is 1. The number of Topliss-reactive ketones (excluding diaryl/α,β-unsaturated/α-hetero) is 2. The zero-order chi connectivity index (χ0) is 29.4. The van der Waals surface area contributed by atoms with E-state index in [1.54, 1.807) is 43.3 Å².